The second kappa shape index (κ2) is 9.72. The van der Waals surface area contributed by atoms with Crippen molar-refractivity contribution in [3.63, 3.8) is 0 Å². The van der Waals surface area contributed by atoms with Gasteiger partial charge in [0.05, 0.1) is 25.4 Å². The number of carbonyl (C=O) groups is 1. The molecule has 1 atom stereocenters. The van der Waals surface area contributed by atoms with Crippen molar-refractivity contribution in [1.82, 2.24) is 15.2 Å². The topological polar surface area (TPSA) is 90.3 Å². The first kappa shape index (κ1) is 19.6. The van der Waals surface area contributed by atoms with Crippen LogP contribution in [-0.2, 0) is 4.79 Å². The SMILES string of the molecule is COc1cccc(-c2cccc(NCCNCC(=O)N3CCC[C@H]3C#N)n2)c1. The molecule has 0 unspecified atom stereocenters. The zero-order valence-electron chi connectivity index (χ0n) is 16.0. The van der Waals surface area contributed by atoms with E-state index in [0.29, 0.717) is 19.6 Å². The Kier molecular flexibility index (Phi) is 6.82. The number of likely N-dealkylation sites (tertiary alicyclic amines) is 1. The van der Waals surface area contributed by atoms with Crippen LogP contribution in [0.3, 0.4) is 0 Å². The molecule has 28 heavy (non-hydrogen) atoms. The van der Waals surface area contributed by atoms with E-state index in [2.05, 4.69) is 21.7 Å². The van der Waals surface area contributed by atoms with Gasteiger partial charge in [0.2, 0.25) is 5.91 Å². The second-order valence-corrected chi connectivity index (χ2v) is 6.62. The first-order valence-electron chi connectivity index (χ1n) is 9.46. The number of rotatable bonds is 8. The molecule has 0 spiro atoms. The Hall–Kier alpha value is -3.11. The number of benzene rings is 1. The lowest BCUT2D eigenvalue weighted by Crippen LogP contribution is -2.41. The van der Waals surface area contributed by atoms with Gasteiger partial charge in [-0.2, -0.15) is 5.26 Å². The maximum absolute atomic E-state index is 12.2. The maximum Gasteiger partial charge on any atom is 0.237 e. The number of hydrogen-bond donors (Lipinski definition) is 2. The van der Waals surface area contributed by atoms with Gasteiger partial charge in [0, 0.05) is 25.2 Å². The molecule has 2 N–H and O–H groups in total. The number of amides is 1. The van der Waals surface area contributed by atoms with Crippen LogP contribution in [-0.4, -0.2) is 55.1 Å². The Morgan fingerprint density at radius 1 is 1.32 bits per heavy atom. The monoisotopic (exact) mass is 379 g/mol. The Morgan fingerprint density at radius 2 is 2.18 bits per heavy atom. The van der Waals surface area contributed by atoms with E-state index in [1.54, 1.807) is 12.0 Å². The molecule has 7 heteroatoms. The van der Waals surface area contributed by atoms with Gasteiger partial charge in [0.15, 0.2) is 0 Å². The van der Waals surface area contributed by atoms with Gasteiger partial charge in [-0.1, -0.05) is 18.2 Å². The standard InChI is InChI=1S/C21H25N5O2/c1-28-18-7-2-5-16(13-18)19-8-3-9-20(25-19)24-11-10-23-15-21(27)26-12-4-6-17(26)14-22/h2-3,5,7-9,13,17,23H,4,6,10-12,15H2,1H3,(H,24,25)/t17-/m0/s1. The molecule has 0 aliphatic carbocycles. The summed E-state index contributed by atoms with van der Waals surface area (Å²) >= 11 is 0. The van der Waals surface area contributed by atoms with Crippen molar-refractivity contribution in [3.05, 3.63) is 42.5 Å². The molecule has 1 aliphatic heterocycles. The zero-order chi connectivity index (χ0) is 19.8. The van der Waals surface area contributed by atoms with Gasteiger partial charge in [-0.05, 0) is 37.1 Å². The van der Waals surface area contributed by atoms with Crippen molar-refractivity contribution in [2.75, 3.05) is 38.6 Å². The predicted molar refractivity (Wildman–Crippen MR) is 108 cm³/mol. The lowest BCUT2D eigenvalue weighted by Gasteiger charge is -2.19. The summed E-state index contributed by atoms with van der Waals surface area (Å²) in [7, 11) is 1.65. The van der Waals surface area contributed by atoms with Crippen molar-refractivity contribution in [3.8, 4) is 23.1 Å². The number of carbonyl (C=O) groups excluding carboxylic acids is 1. The van der Waals surface area contributed by atoms with E-state index in [1.165, 1.54) is 0 Å². The quantitative estimate of drug-likeness (QED) is 0.684. The third-order valence-corrected chi connectivity index (χ3v) is 4.72. The molecule has 1 aliphatic rings. The number of pyridine rings is 1. The molecule has 146 valence electrons. The van der Waals surface area contributed by atoms with Crippen LogP contribution in [0, 0.1) is 11.3 Å². The van der Waals surface area contributed by atoms with E-state index in [1.807, 2.05) is 42.5 Å². The van der Waals surface area contributed by atoms with Crippen molar-refractivity contribution < 1.29 is 9.53 Å². The molecule has 1 amide bonds. The fraction of sp³-hybridized carbons (Fsp3) is 0.381. The number of nitriles is 1. The van der Waals surface area contributed by atoms with Crippen LogP contribution < -0.4 is 15.4 Å². The van der Waals surface area contributed by atoms with E-state index in [-0.39, 0.29) is 18.5 Å². The summed E-state index contributed by atoms with van der Waals surface area (Å²) in [4.78, 5) is 18.5. The molecule has 2 heterocycles. The third kappa shape index (κ3) is 4.99. The van der Waals surface area contributed by atoms with Crippen LogP contribution in [0.5, 0.6) is 5.75 Å². The van der Waals surface area contributed by atoms with Crippen molar-refractivity contribution in [1.29, 1.82) is 5.26 Å². The normalized spacial score (nSPS) is 15.9. The average molecular weight is 379 g/mol. The minimum atomic E-state index is -0.268. The van der Waals surface area contributed by atoms with Gasteiger partial charge < -0.3 is 20.3 Å². The van der Waals surface area contributed by atoms with Gasteiger partial charge in [-0.25, -0.2) is 4.98 Å². The maximum atomic E-state index is 12.2. The Morgan fingerprint density at radius 3 is 3.00 bits per heavy atom. The van der Waals surface area contributed by atoms with E-state index in [0.717, 1.165) is 35.7 Å². The highest BCUT2D eigenvalue weighted by Gasteiger charge is 2.27. The number of ether oxygens (including phenoxy) is 1. The van der Waals surface area contributed by atoms with Gasteiger partial charge in [0.1, 0.15) is 17.6 Å². The number of nitrogens with zero attached hydrogens (tertiary/aromatic N) is 3. The summed E-state index contributed by atoms with van der Waals surface area (Å²) in [6, 6.07) is 15.5. The second-order valence-electron chi connectivity index (χ2n) is 6.62. The van der Waals surface area contributed by atoms with E-state index in [4.69, 9.17) is 10.00 Å². The first-order valence-corrected chi connectivity index (χ1v) is 9.46. The Balaban J connectivity index is 1.45. The number of hydrogen-bond acceptors (Lipinski definition) is 6. The molecule has 0 radical (unpaired) electrons. The molecular formula is C21H25N5O2. The molecule has 1 aromatic carbocycles. The first-order chi connectivity index (χ1) is 13.7. The molecule has 3 rings (SSSR count). The molecule has 1 saturated heterocycles. The van der Waals surface area contributed by atoms with Crippen LogP contribution in [0.1, 0.15) is 12.8 Å². The summed E-state index contributed by atoms with van der Waals surface area (Å²) in [5, 5.41) is 15.5. The molecular weight excluding hydrogens is 354 g/mol. The molecule has 2 aromatic rings. The molecule has 1 aromatic heterocycles. The average Bonchev–Trinajstić information content (AvgIpc) is 3.22. The highest BCUT2D eigenvalue weighted by molar-refractivity contribution is 5.79. The van der Waals surface area contributed by atoms with Crippen molar-refractivity contribution in [2.24, 2.45) is 0 Å². The lowest BCUT2D eigenvalue weighted by atomic mass is 10.1. The molecule has 7 nitrogen and oxygen atoms in total. The molecule has 0 saturated carbocycles. The summed E-state index contributed by atoms with van der Waals surface area (Å²) in [6.07, 6.45) is 1.68. The number of anilines is 1. The highest BCUT2D eigenvalue weighted by Crippen LogP contribution is 2.23. The minimum absolute atomic E-state index is 0.0119. The third-order valence-electron chi connectivity index (χ3n) is 4.72. The number of nitrogens with one attached hydrogen (secondary N) is 2. The fourth-order valence-electron chi connectivity index (χ4n) is 3.25. The largest absolute Gasteiger partial charge is 0.497 e. The van der Waals surface area contributed by atoms with Gasteiger partial charge >= 0.3 is 0 Å². The van der Waals surface area contributed by atoms with E-state index in [9.17, 15) is 4.79 Å². The summed E-state index contributed by atoms with van der Waals surface area (Å²) < 4.78 is 5.27. The summed E-state index contributed by atoms with van der Waals surface area (Å²) in [5.41, 5.74) is 1.85. The number of aromatic nitrogens is 1. The van der Waals surface area contributed by atoms with Crippen molar-refractivity contribution in [2.45, 2.75) is 18.9 Å². The van der Waals surface area contributed by atoms with Crippen LogP contribution in [0.2, 0.25) is 0 Å². The summed E-state index contributed by atoms with van der Waals surface area (Å²) in [6.45, 7) is 2.19. The zero-order valence-corrected chi connectivity index (χ0v) is 16.0. The van der Waals surface area contributed by atoms with Crippen LogP contribution in [0.25, 0.3) is 11.3 Å². The van der Waals surface area contributed by atoms with E-state index < -0.39 is 0 Å². The van der Waals surface area contributed by atoms with Crippen LogP contribution in [0.15, 0.2) is 42.5 Å². The summed E-state index contributed by atoms with van der Waals surface area (Å²) in [5.74, 6) is 1.56. The van der Waals surface area contributed by atoms with Crippen LogP contribution in [0.4, 0.5) is 5.82 Å². The number of methoxy groups -OCH3 is 1. The minimum Gasteiger partial charge on any atom is -0.497 e. The van der Waals surface area contributed by atoms with Crippen molar-refractivity contribution >= 4 is 11.7 Å². The van der Waals surface area contributed by atoms with E-state index >= 15 is 0 Å². The highest BCUT2D eigenvalue weighted by atomic mass is 16.5. The smallest absolute Gasteiger partial charge is 0.237 e. The Bertz CT molecular complexity index is 849. The molecule has 1 fully saturated rings. The van der Waals surface area contributed by atoms with Gasteiger partial charge in [0.25, 0.3) is 0 Å². The van der Waals surface area contributed by atoms with Gasteiger partial charge in [-0.15, -0.1) is 0 Å². The lowest BCUT2D eigenvalue weighted by molar-refractivity contribution is -0.130. The van der Waals surface area contributed by atoms with Crippen LogP contribution >= 0.6 is 0 Å². The predicted octanol–water partition coefficient (Wildman–Crippen LogP) is 2.27. The van der Waals surface area contributed by atoms with Gasteiger partial charge in [-0.3, -0.25) is 4.79 Å². The fourth-order valence-corrected chi connectivity index (χ4v) is 3.25. The Labute approximate surface area is 165 Å². The molecule has 0 bridgehead atoms.